The van der Waals surface area contributed by atoms with Gasteiger partial charge in [0.05, 0.1) is 17.5 Å². The minimum atomic E-state index is -2.75. The van der Waals surface area contributed by atoms with E-state index in [2.05, 4.69) is 10.6 Å². The van der Waals surface area contributed by atoms with Gasteiger partial charge in [-0.2, -0.15) is 0 Å². The van der Waals surface area contributed by atoms with E-state index in [0.717, 1.165) is 0 Å². The Balaban J connectivity index is 2.24. The van der Waals surface area contributed by atoms with Gasteiger partial charge in [-0.25, -0.2) is 8.42 Å². The summed E-state index contributed by atoms with van der Waals surface area (Å²) in [5.74, 6) is 0.403. The van der Waals surface area contributed by atoms with Gasteiger partial charge in [-0.3, -0.25) is 0 Å². The lowest BCUT2D eigenvalue weighted by Crippen LogP contribution is -2.55. The van der Waals surface area contributed by atoms with E-state index in [4.69, 9.17) is 12.2 Å². The van der Waals surface area contributed by atoms with Gasteiger partial charge in [0.15, 0.2) is 14.9 Å². The third-order valence-corrected chi connectivity index (χ3v) is 3.72. The molecule has 13 heavy (non-hydrogen) atoms. The molecule has 0 unspecified atom stereocenters. The Labute approximate surface area is 84.0 Å². The predicted molar refractivity (Wildman–Crippen MR) is 56.4 cm³/mol. The van der Waals surface area contributed by atoms with Crippen LogP contribution in [0.2, 0.25) is 0 Å². The van der Waals surface area contributed by atoms with Gasteiger partial charge in [0.2, 0.25) is 0 Å². The fraction of sp³-hybridized carbons (Fsp3) is 0.857. The topological polar surface area (TPSA) is 58.2 Å². The zero-order valence-electron chi connectivity index (χ0n) is 7.70. The Morgan fingerprint density at radius 3 is 2.38 bits per heavy atom. The third-order valence-electron chi connectivity index (χ3n) is 1.67. The minimum absolute atomic E-state index is 0.00347. The van der Waals surface area contributed by atoms with Crippen LogP contribution < -0.4 is 10.6 Å². The third kappa shape index (κ3) is 3.48. The van der Waals surface area contributed by atoms with E-state index >= 15 is 0 Å². The summed E-state index contributed by atoms with van der Waals surface area (Å²) in [7, 11) is -2.75. The van der Waals surface area contributed by atoms with Crippen molar-refractivity contribution in [2.45, 2.75) is 25.9 Å². The highest BCUT2D eigenvalue weighted by atomic mass is 32.2. The first kappa shape index (κ1) is 10.7. The van der Waals surface area contributed by atoms with Gasteiger partial charge in [0.1, 0.15) is 0 Å². The van der Waals surface area contributed by atoms with Crippen molar-refractivity contribution >= 4 is 27.2 Å². The van der Waals surface area contributed by atoms with Crippen LogP contribution in [0.25, 0.3) is 0 Å². The Bertz CT molecular complexity index is 286. The molecule has 0 spiro atoms. The zero-order chi connectivity index (χ0) is 10.1. The number of hydrogen-bond donors (Lipinski definition) is 2. The van der Waals surface area contributed by atoms with Crippen LogP contribution in [0.1, 0.15) is 13.8 Å². The van der Waals surface area contributed by atoms with Crippen molar-refractivity contribution in [3.63, 3.8) is 0 Å². The molecule has 0 aromatic heterocycles. The van der Waals surface area contributed by atoms with E-state index < -0.39 is 9.84 Å². The average molecular weight is 222 g/mol. The summed E-state index contributed by atoms with van der Waals surface area (Å²) in [6.45, 7) is 3.96. The van der Waals surface area contributed by atoms with Crippen molar-refractivity contribution in [3.8, 4) is 0 Å². The standard InChI is InChI=1S/C7H14N2O2S2/c1-5(2)8-7(12)9-6-3-13(10,11)4-6/h5-6H,3-4H2,1-2H3,(H2,8,9,12). The lowest BCUT2D eigenvalue weighted by molar-refractivity contribution is 0.548. The van der Waals surface area contributed by atoms with Crippen molar-refractivity contribution in [1.82, 2.24) is 10.6 Å². The van der Waals surface area contributed by atoms with E-state index in [9.17, 15) is 8.42 Å². The largest absolute Gasteiger partial charge is 0.361 e. The van der Waals surface area contributed by atoms with Gasteiger partial charge in [-0.15, -0.1) is 0 Å². The molecule has 0 atom stereocenters. The van der Waals surface area contributed by atoms with Crippen LogP contribution in [0.4, 0.5) is 0 Å². The van der Waals surface area contributed by atoms with E-state index in [1.54, 1.807) is 0 Å². The fourth-order valence-electron chi connectivity index (χ4n) is 1.14. The second kappa shape index (κ2) is 3.79. The molecule has 76 valence electrons. The smallest absolute Gasteiger partial charge is 0.166 e. The monoisotopic (exact) mass is 222 g/mol. The van der Waals surface area contributed by atoms with E-state index in [1.807, 2.05) is 13.8 Å². The van der Waals surface area contributed by atoms with Crippen LogP contribution >= 0.6 is 12.2 Å². The SMILES string of the molecule is CC(C)NC(=S)NC1CS(=O)(=O)C1. The van der Waals surface area contributed by atoms with Gasteiger partial charge in [-0.1, -0.05) is 0 Å². The zero-order valence-corrected chi connectivity index (χ0v) is 9.33. The lowest BCUT2D eigenvalue weighted by atomic mass is 10.4. The average Bonchev–Trinajstić information content (AvgIpc) is 1.79. The molecule has 0 aromatic rings. The van der Waals surface area contributed by atoms with Crippen LogP contribution in [-0.2, 0) is 9.84 Å². The Kier molecular flexibility index (Phi) is 3.13. The van der Waals surface area contributed by atoms with E-state index in [1.165, 1.54) is 0 Å². The Hall–Kier alpha value is -0.360. The molecule has 0 aromatic carbocycles. The number of hydrogen-bond acceptors (Lipinski definition) is 3. The highest BCUT2D eigenvalue weighted by molar-refractivity contribution is 7.92. The molecule has 1 rings (SSSR count). The van der Waals surface area contributed by atoms with Crippen molar-refractivity contribution < 1.29 is 8.42 Å². The molecule has 0 radical (unpaired) electrons. The maximum absolute atomic E-state index is 10.8. The maximum atomic E-state index is 10.8. The van der Waals surface area contributed by atoms with Crippen LogP contribution in [0.15, 0.2) is 0 Å². The fourth-order valence-corrected chi connectivity index (χ4v) is 2.83. The number of rotatable bonds is 2. The molecule has 1 aliphatic heterocycles. The van der Waals surface area contributed by atoms with Gasteiger partial charge in [-0.05, 0) is 26.1 Å². The van der Waals surface area contributed by atoms with Crippen LogP contribution in [0.3, 0.4) is 0 Å². The number of nitrogens with one attached hydrogen (secondary N) is 2. The maximum Gasteiger partial charge on any atom is 0.166 e. The van der Waals surface area contributed by atoms with Gasteiger partial charge < -0.3 is 10.6 Å². The summed E-state index contributed by atoms with van der Waals surface area (Å²) in [5, 5.41) is 6.48. The summed E-state index contributed by atoms with van der Waals surface area (Å²) >= 11 is 4.96. The molecular formula is C7H14N2O2S2. The van der Waals surface area contributed by atoms with Gasteiger partial charge >= 0.3 is 0 Å². The summed E-state index contributed by atoms with van der Waals surface area (Å²) in [6, 6.07) is 0.278. The quantitative estimate of drug-likeness (QED) is 0.626. The molecular weight excluding hydrogens is 208 g/mol. The summed E-state index contributed by atoms with van der Waals surface area (Å²) in [5.41, 5.74) is 0. The minimum Gasteiger partial charge on any atom is -0.361 e. The normalized spacial score (nSPS) is 20.8. The molecule has 6 heteroatoms. The van der Waals surface area contributed by atoms with E-state index in [-0.39, 0.29) is 23.6 Å². The summed E-state index contributed by atoms with van der Waals surface area (Å²) in [4.78, 5) is 0. The first-order chi connectivity index (χ1) is 5.89. The van der Waals surface area contributed by atoms with Crippen LogP contribution in [0.5, 0.6) is 0 Å². The van der Waals surface area contributed by atoms with E-state index in [0.29, 0.717) is 5.11 Å². The first-order valence-electron chi connectivity index (χ1n) is 4.16. The summed E-state index contributed by atoms with van der Waals surface area (Å²) in [6.07, 6.45) is 0. The molecule has 0 aliphatic carbocycles. The van der Waals surface area contributed by atoms with Gasteiger partial charge in [0, 0.05) is 6.04 Å². The molecule has 0 bridgehead atoms. The van der Waals surface area contributed by atoms with Crippen molar-refractivity contribution in [1.29, 1.82) is 0 Å². The Morgan fingerprint density at radius 1 is 1.46 bits per heavy atom. The molecule has 1 aliphatic rings. The van der Waals surface area contributed by atoms with Crippen molar-refractivity contribution in [3.05, 3.63) is 0 Å². The molecule has 4 nitrogen and oxygen atoms in total. The molecule has 0 saturated carbocycles. The number of thiocarbonyl (C=S) groups is 1. The summed E-state index contributed by atoms with van der Waals surface area (Å²) < 4.78 is 21.6. The second-order valence-electron chi connectivity index (χ2n) is 3.55. The highest BCUT2D eigenvalue weighted by Gasteiger charge is 2.33. The molecule has 1 heterocycles. The Morgan fingerprint density at radius 2 is 2.00 bits per heavy atom. The van der Waals surface area contributed by atoms with Crippen LogP contribution in [0, 0.1) is 0 Å². The second-order valence-corrected chi connectivity index (χ2v) is 6.11. The van der Waals surface area contributed by atoms with Crippen molar-refractivity contribution in [2.75, 3.05) is 11.5 Å². The predicted octanol–water partition coefficient (Wildman–Crippen LogP) is -0.344. The molecule has 1 fully saturated rings. The lowest BCUT2D eigenvalue weighted by Gasteiger charge is -2.28. The first-order valence-corrected chi connectivity index (χ1v) is 6.39. The molecule has 1 saturated heterocycles. The molecule has 0 amide bonds. The van der Waals surface area contributed by atoms with Gasteiger partial charge in [0.25, 0.3) is 0 Å². The van der Waals surface area contributed by atoms with Crippen molar-refractivity contribution in [2.24, 2.45) is 0 Å². The van der Waals surface area contributed by atoms with Crippen LogP contribution in [-0.4, -0.2) is 37.1 Å². The number of sulfone groups is 1. The highest BCUT2D eigenvalue weighted by Crippen LogP contribution is 2.09. The molecule has 2 N–H and O–H groups in total.